The van der Waals surface area contributed by atoms with E-state index in [1.807, 2.05) is 36.6 Å². The number of carbonyl (C=O) groups excluding carboxylic acids is 3. The summed E-state index contributed by atoms with van der Waals surface area (Å²) in [5, 5.41) is 16.4. The molecule has 9 nitrogen and oxygen atoms in total. The van der Waals surface area contributed by atoms with Crippen LogP contribution >= 0.6 is 11.8 Å². The lowest BCUT2D eigenvalue weighted by Gasteiger charge is -2.26. The minimum Gasteiger partial charge on any atom is -0.480 e. The summed E-state index contributed by atoms with van der Waals surface area (Å²) in [7, 11) is 0. The number of hydrogen-bond acceptors (Lipinski definition) is 6. The van der Waals surface area contributed by atoms with Gasteiger partial charge in [-0.15, -0.1) is 0 Å². The van der Waals surface area contributed by atoms with E-state index in [4.69, 9.17) is 10.8 Å². The first-order valence-corrected chi connectivity index (χ1v) is 11.4. The number of rotatable bonds is 13. The monoisotopic (exact) mass is 452 g/mol. The predicted molar refractivity (Wildman–Crippen MR) is 120 cm³/mol. The molecule has 0 saturated carbocycles. The highest BCUT2D eigenvalue weighted by Gasteiger charge is 2.30. The third kappa shape index (κ3) is 9.84. The van der Waals surface area contributed by atoms with E-state index in [1.165, 1.54) is 11.8 Å². The molecule has 0 saturated heterocycles. The van der Waals surface area contributed by atoms with Crippen molar-refractivity contribution in [2.45, 2.75) is 44.8 Å². The molecule has 0 bridgehead atoms. The van der Waals surface area contributed by atoms with Gasteiger partial charge in [-0.25, -0.2) is 0 Å². The molecule has 10 heteroatoms. The molecular formula is C21H32N4O5S. The highest BCUT2D eigenvalue weighted by molar-refractivity contribution is 7.98. The van der Waals surface area contributed by atoms with E-state index in [1.54, 1.807) is 13.8 Å². The topological polar surface area (TPSA) is 151 Å². The molecular weight excluding hydrogens is 420 g/mol. The van der Waals surface area contributed by atoms with Crippen LogP contribution in [0.1, 0.15) is 25.8 Å². The average Bonchev–Trinajstić information content (AvgIpc) is 2.73. The molecule has 0 fully saturated rings. The number of hydrogen-bond donors (Lipinski definition) is 5. The van der Waals surface area contributed by atoms with E-state index in [0.29, 0.717) is 18.6 Å². The number of thioether (sulfide) groups is 1. The molecule has 1 aromatic carbocycles. The molecule has 172 valence electrons. The largest absolute Gasteiger partial charge is 0.480 e. The van der Waals surface area contributed by atoms with E-state index in [2.05, 4.69) is 16.0 Å². The smallest absolute Gasteiger partial charge is 0.322 e. The van der Waals surface area contributed by atoms with Crippen molar-refractivity contribution in [3.63, 3.8) is 0 Å². The third-order valence-corrected chi connectivity index (χ3v) is 5.18. The van der Waals surface area contributed by atoms with Crippen molar-refractivity contribution in [3.05, 3.63) is 35.9 Å². The lowest BCUT2D eigenvalue weighted by Crippen LogP contribution is -2.57. The fourth-order valence-corrected chi connectivity index (χ4v) is 3.28. The van der Waals surface area contributed by atoms with Crippen molar-refractivity contribution in [1.82, 2.24) is 16.0 Å². The van der Waals surface area contributed by atoms with Crippen LogP contribution < -0.4 is 21.7 Å². The number of carboxylic acids is 1. The molecule has 0 aliphatic rings. The second-order valence-corrected chi connectivity index (χ2v) is 8.47. The summed E-state index contributed by atoms with van der Waals surface area (Å²) in [6, 6.07) is 6.69. The summed E-state index contributed by atoms with van der Waals surface area (Å²) in [6.07, 6.45) is 2.51. The maximum Gasteiger partial charge on any atom is 0.322 e. The molecule has 0 heterocycles. The zero-order valence-electron chi connectivity index (χ0n) is 18.1. The molecule has 0 aliphatic heterocycles. The van der Waals surface area contributed by atoms with Gasteiger partial charge in [0.2, 0.25) is 17.7 Å². The van der Waals surface area contributed by atoms with Gasteiger partial charge in [0.15, 0.2) is 0 Å². The number of amides is 3. The first-order valence-electron chi connectivity index (χ1n) is 10.0. The van der Waals surface area contributed by atoms with Crippen molar-refractivity contribution < 1.29 is 24.3 Å². The molecule has 0 aliphatic carbocycles. The van der Waals surface area contributed by atoms with Crippen LogP contribution in [0.5, 0.6) is 0 Å². The number of carbonyl (C=O) groups is 4. The zero-order chi connectivity index (χ0) is 23.4. The van der Waals surface area contributed by atoms with Crippen LogP contribution in [0.25, 0.3) is 0 Å². The highest BCUT2D eigenvalue weighted by atomic mass is 32.2. The van der Waals surface area contributed by atoms with Gasteiger partial charge >= 0.3 is 5.97 Å². The van der Waals surface area contributed by atoms with E-state index in [9.17, 15) is 19.2 Å². The Kier molecular flexibility index (Phi) is 11.7. The summed E-state index contributed by atoms with van der Waals surface area (Å²) in [4.78, 5) is 48.4. The highest BCUT2D eigenvalue weighted by Crippen LogP contribution is 2.07. The molecule has 31 heavy (non-hydrogen) atoms. The first-order chi connectivity index (χ1) is 14.6. The second kappa shape index (κ2) is 13.7. The normalized spacial score (nSPS) is 13.7. The summed E-state index contributed by atoms with van der Waals surface area (Å²) in [5.41, 5.74) is 6.92. The number of nitrogens with two attached hydrogens (primary N) is 1. The standard InChI is InChI=1S/C21H32N4O5S/c1-13(2)18(25-19(28)15(22)11-14-7-5-4-6-8-14)21(30)24-16(9-10-31-3)20(29)23-12-17(26)27/h4-8,13,15-16,18H,9-12,22H2,1-3H3,(H,23,29)(H,24,30)(H,25,28)(H,26,27). The fraction of sp³-hybridized carbons (Fsp3) is 0.524. The quantitative estimate of drug-likeness (QED) is 0.285. The van der Waals surface area contributed by atoms with E-state index in [-0.39, 0.29) is 5.92 Å². The van der Waals surface area contributed by atoms with Crippen LogP contribution in [0.2, 0.25) is 0 Å². The Morgan fingerprint density at radius 3 is 2.23 bits per heavy atom. The number of carboxylic acid groups (broad SMARTS) is 1. The van der Waals surface area contributed by atoms with Gasteiger partial charge in [-0.3, -0.25) is 19.2 Å². The van der Waals surface area contributed by atoms with E-state index in [0.717, 1.165) is 5.56 Å². The van der Waals surface area contributed by atoms with E-state index < -0.39 is 48.4 Å². The van der Waals surface area contributed by atoms with Crippen molar-refractivity contribution in [2.75, 3.05) is 18.6 Å². The van der Waals surface area contributed by atoms with Gasteiger partial charge in [-0.05, 0) is 36.3 Å². The fourth-order valence-electron chi connectivity index (χ4n) is 2.81. The van der Waals surface area contributed by atoms with Gasteiger partial charge < -0.3 is 26.8 Å². The lowest BCUT2D eigenvalue weighted by atomic mass is 10.0. The molecule has 1 rings (SSSR count). The molecule has 3 unspecified atom stereocenters. The Morgan fingerprint density at radius 1 is 1.03 bits per heavy atom. The van der Waals surface area contributed by atoms with Gasteiger partial charge in [0.1, 0.15) is 18.6 Å². The van der Waals surface area contributed by atoms with Crippen LogP contribution in [0, 0.1) is 5.92 Å². The second-order valence-electron chi connectivity index (χ2n) is 7.48. The molecule has 0 spiro atoms. The van der Waals surface area contributed by atoms with Crippen molar-refractivity contribution in [1.29, 1.82) is 0 Å². The maximum absolute atomic E-state index is 12.8. The van der Waals surface area contributed by atoms with Crippen LogP contribution in [0.4, 0.5) is 0 Å². The van der Waals surface area contributed by atoms with Crippen LogP contribution in [0.15, 0.2) is 30.3 Å². The third-order valence-electron chi connectivity index (χ3n) is 4.54. The Labute approximate surface area is 186 Å². The van der Waals surface area contributed by atoms with Crippen LogP contribution in [-0.4, -0.2) is 65.5 Å². The van der Waals surface area contributed by atoms with Gasteiger partial charge in [0.25, 0.3) is 0 Å². The summed E-state index contributed by atoms with van der Waals surface area (Å²) >= 11 is 1.50. The minimum atomic E-state index is -1.18. The molecule has 3 atom stereocenters. The van der Waals surface area contributed by atoms with Crippen LogP contribution in [0.3, 0.4) is 0 Å². The Bertz CT molecular complexity index is 745. The van der Waals surface area contributed by atoms with Crippen LogP contribution in [-0.2, 0) is 25.6 Å². The molecule has 0 radical (unpaired) electrons. The average molecular weight is 453 g/mol. The summed E-state index contributed by atoms with van der Waals surface area (Å²) in [5.74, 6) is -2.41. The lowest BCUT2D eigenvalue weighted by molar-refractivity contribution is -0.138. The Hall–Kier alpha value is -2.59. The number of benzene rings is 1. The molecule has 0 aromatic heterocycles. The number of aliphatic carboxylic acids is 1. The first kappa shape index (κ1) is 26.4. The van der Waals surface area contributed by atoms with Crippen molar-refractivity contribution in [3.8, 4) is 0 Å². The Morgan fingerprint density at radius 2 is 1.68 bits per heavy atom. The minimum absolute atomic E-state index is 0.254. The SMILES string of the molecule is CSCCC(NC(=O)C(NC(=O)C(N)Cc1ccccc1)C(C)C)C(=O)NCC(=O)O. The van der Waals surface area contributed by atoms with Gasteiger partial charge in [0, 0.05) is 0 Å². The van der Waals surface area contributed by atoms with Crippen molar-refractivity contribution >= 4 is 35.5 Å². The summed E-state index contributed by atoms with van der Waals surface area (Å²) < 4.78 is 0. The number of nitrogens with one attached hydrogen (secondary N) is 3. The van der Waals surface area contributed by atoms with E-state index >= 15 is 0 Å². The maximum atomic E-state index is 12.8. The predicted octanol–water partition coefficient (Wildman–Crippen LogP) is 0.136. The molecule has 6 N–H and O–H groups in total. The molecule has 1 aromatic rings. The Balaban J connectivity index is 2.79. The van der Waals surface area contributed by atoms with Gasteiger partial charge in [-0.2, -0.15) is 11.8 Å². The zero-order valence-corrected chi connectivity index (χ0v) is 18.9. The van der Waals surface area contributed by atoms with Gasteiger partial charge in [-0.1, -0.05) is 44.2 Å². The van der Waals surface area contributed by atoms with Crippen molar-refractivity contribution in [2.24, 2.45) is 11.7 Å². The van der Waals surface area contributed by atoms with Gasteiger partial charge in [0.05, 0.1) is 6.04 Å². The summed E-state index contributed by atoms with van der Waals surface area (Å²) in [6.45, 7) is 3.01. The molecule has 3 amide bonds.